The number of fused-ring (bicyclic) bond motifs is 1. The van der Waals surface area contributed by atoms with E-state index in [2.05, 4.69) is 20.0 Å². The number of hydrogen-bond donors (Lipinski definition) is 0. The summed E-state index contributed by atoms with van der Waals surface area (Å²) < 4.78 is 15.6. The number of halogens is 1. The maximum Gasteiger partial charge on any atom is 0.327 e. The Hall–Kier alpha value is -3.30. The smallest absolute Gasteiger partial charge is 0.327 e. The fourth-order valence-electron chi connectivity index (χ4n) is 3.25. The number of hydrogen-bond acceptors (Lipinski definition) is 7. The molecule has 3 aromatic rings. The molecule has 0 spiro atoms. The second-order valence-corrected chi connectivity index (χ2v) is 6.07. The molecular weight excluding hydrogens is 341 g/mol. The van der Waals surface area contributed by atoms with E-state index in [9.17, 15) is 14.5 Å². The van der Waals surface area contributed by atoms with Gasteiger partial charge in [0.25, 0.3) is 5.78 Å². The van der Waals surface area contributed by atoms with E-state index in [0.29, 0.717) is 37.6 Å². The van der Waals surface area contributed by atoms with Gasteiger partial charge in [-0.15, -0.1) is 0 Å². The van der Waals surface area contributed by atoms with E-state index in [-0.39, 0.29) is 0 Å². The van der Waals surface area contributed by atoms with Gasteiger partial charge in [-0.25, -0.2) is 4.98 Å². The van der Waals surface area contributed by atoms with Crippen LogP contribution in [0.2, 0.25) is 0 Å². The minimum Gasteiger partial charge on any atom is -0.362 e. The lowest BCUT2D eigenvalue weighted by atomic mass is 10.2. The number of nitro groups is 1. The first kappa shape index (κ1) is 16.2. The third-order valence-corrected chi connectivity index (χ3v) is 4.45. The zero-order valence-corrected chi connectivity index (χ0v) is 14.0. The van der Waals surface area contributed by atoms with Crippen molar-refractivity contribution < 1.29 is 9.31 Å². The van der Waals surface area contributed by atoms with Crippen molar-refractivity contribution in [2.24, 2.45) is 0 Å². The zero-order valence-electron chi connectivity index (χ0n) is 14.0. The average molecular weight is 357 g/mol. The van der Waals surface area contributed by atoms with Crippen LogP contribution >= 0.6 is 0 Å². The second-order valence-electron chi connectivity index (χ2n) is 6.07. The number of nitrogens with zero attached hydrogens (tertiary/aromatic N) is 7. The monoisotopic (exact) mass is 357 g/mol. The largest absolute Gasteiger partial charge is 0.362 e. The predicted octanol–water partition coefficient (Wildman–Crippen LogP) is 1.81. The molecule has 0 unspecified atom stereocenters. The van der Waals surface area contributed by atoms with Gasteiger partial charge in [0.2, 0.25) is 5.82 Å². The molecule has 0 amide bonds. The molecule has 1 fully saturated rings. The van der Waals surface area contributed by atoms with Crippen LogP contribution in [-0.4, -0.2) is 50.7 Å². The first-order chi connectivity index (χ1) is 12.5. The van der Waals surface area contributed by atoms with Gasteiger partial charge in [0.05, 0.1) is 4.92 Å². The molecule has 134 valence electrons. The van der Waals surface area contributed by atoms with Gasteiger partial charge < -0.3 is 9.80 Å². The van der Waals surface area contributed by atoms with Crippen molar-refractivity contribution in [2.75, 3.05) is 36.0 Å². The van der Waals surface area contributed by atoms with E-state index in [4.69, 9.17) is 0 Å². The third-order valence-electron chi connectivity index (χ3n) is 4.45. The summed E-state index contributed by atoms with van der Waals surface area (Å²) in [7, 11) is 0. The van der Waals surface area contributed by atoms with Gasteiger partial charge in [-0.05, 0) is 19.1 Å². The molecule has 10 heteroatoms. The molecule has 1 aliphatic heterocycles. The van der Waals surface area contributed by atoms with Gasteiger partial charge >= 0.3 is 5.69 Å². The molecule has 26 heavy (non-hydrogen) atoms. The highest BCUT2D eigenvalue weighted by Gasteiger charge is 2.27. The van der Waals surface area contributed by atoms with E-state index in [1.165, 1.54) is 12.4 Å². The minimum atomic E-state index is -0.816. The summed E-state index contributed by atoms with van der Waals surface area (Å²) in [6.45, 7) is 4.19. The summed E-state index contributed by atoms with van der Waals surface area (Å²) in [5.74, 6) is 0.589. The van der Waals surface area contributed by atoms with Crippen LogP contribution in [-0.2, 0) is 0 Å². The molecule has 1 saturated heterocycles. The molecule has 2 aromatic heterocycles. The fourth-order valence-corrected chi connectivity index (χ4v) is 3.25. The Bertz CT molecular complexity index is 982. The van der Waals surface area contributed by atoms with Crippen LogP contribution in [0.5, 0.6) is 0 Å². The molecule has 1 aromatic carbocycles. The summed E-state index contributed by atoms with van der Waals surface area (Å²) in [4.78, 5) is 23.0. The van der Waals surface area contributed by atoms with Crippen LogP contribution < -0.4 is 9.80 Å². The quantitative estimate of drug-likeness (QED) is 0.521. The Morgan fingerprint density at radius 3 is 2.65 bits per heavy atom. The van der Waals surface area contributed by atoms with Gasteiger partial charge in [-0.3, -0.25) is 10.1 Å². The molecule has 0 radical (unpaired) electrons. The molecule has 0 bridgehead atoms. The minimum absolute atomic E-state index is 0.312. The SMILES string of the molecule is Cc1cc(N2CCN(c3cccc(F)c3[N+](=O)[O-])CC2)n2ncnc2n1. The summed E-state index contributed by atoms with van der Waals surface area (Å²) in [6.07, 6.45) is 1.46. The Morgan fingerprint density at radius 1 is 1.19 bits per heavy atom. The molecule has 0 aliphatic carbocycles. The molecular formula is C16H16FN7O2. The van der Waals surface area contributed by atoms with E-state index in [0.717, 1.165) is 17.6 Å². The van der Waals surface area contributed by atoms with Crippen molar-refractivity contribution in [2.45, 2.75) is 6.92 Å². The van der Waals surface area contributed by atoms with Crippen molar-refractivity contribution in [3.63, 3.8) is 0 Å². The van der Waals surface area contributed by atoms with E-state index >= 15 is 0 Å². The fraction of sp³-hybridized carbons (Fsp3) is 0.312. The molecule has 4 rings (SSSR count). The average Bonchev–Trinajstić information content (AvgIpc) is 3.09. The normalized spacial score (nSPS) is 14.8. The Kier molecular flexibility index (Phi) is 3.86. The highest BCUT2D eigenvalue weighted by Crippen LogP contribution is 2.31. The van der Waals surface area contributed by atoms with Gasteiger partial charge in [0.1, 0.15) is 17.8 Å². The number of benzene rings is 1. The molecule has 1 aliphatic rings. The number of piperazine rings is 1. The van der Waals surface area contributed by atoms with Gasteiger partial charge in [-0.2, -0.15) is 19.0 Å². The molecule has 0 atom stereocenters. The topological polar surface area (TPSA) is 92.7 Å². The van der Waals surface area contributed by atoms with Crippen LogP contribution in [0.1, 0.15) is 5.69 Å². The first-order valence-corrected chi connectivity index (χ1v) is 8.15. The third kappa shape index (κ3) is 2.68. The highest BCUT2D eigenvalue weighted by molar-refractivity contribution is 5.64. The molecule has 9 nitrogen and oxygen atoms in total. The Balaban J connectivity index is 1.59. The summed E-state index contributed by atoms with van der Waals surface area (Å²) >= 11 is 0. The Labute approximate surface area is 147 Å². The first-order valence-electron chi connectivity index (χ1n) is 8.15. The Morgan fingerprint density at radius 2 is 1.92 bits per heavy atom. The van der Waals surface area contributed by atoms with Crippen molar-refractivity contribution >= 4 is 23.0 Å². The number of aryl methyl sites for hydroxylation is 1. The predicted molar refractivity (Wildman–Crippen MR) is 93.0 cm³/mol. The lowest BCUT2D eigenvalue weighted by Gasteiger charge is -2.36. The number of anilines is 2. The van der Waals surface area contributed by atoms with Crippen molar-refractivity contribution in [1.82, 2.24) is 19.6 Å². The van der Waals surface area contributed by atoms with Crippen LogP contribution in [0, 0.1) is 22.9 Å². The lowest BCUT2D eigenvalue weighted by Crippen LogP contribution is -2.47. The van der Waals surface area contributed by atoms with Gasteiger partial charge in [0.15, 0.2) is 0 Å². The van der Waals surface area contributed by atoms with Crippen LogP contribution in [0.15, 0.2) is 30.6 Å². The summed E-state index contributed by atoms with van der Waals surface area (Å²) in [5, 5.41) is 15.4. The van der Waals surface area contributed by atoms with E-state index in [1.54, 1.807) is 10.6 Å². The van der Waals surface area contributed by atoms with Crippen molar-refractivity contribution in [3.8, 4) is 0 Å². The molecule has 0 saturated carbocycles. The maximum absolute atomic E-state index is 13.9. The van der Waals surface area contributed by atoms with Crippen molar-refractivity contribution in [1.29, 1.82) is 0 Å². The number of nitro benzene ring substituents is 1. The second kappa shape index (κ2) is 6.21. The molecule has 3 heterocycles. The zero-order chi connectivity index (χ0) is 18.3. The highest BCUT2D eigenvalue weighted by atomic mass is 19.1. The summed E-state index contributed by atoms with van der Waals surface area (Å²) in [6, 6.07) is 6.12. The number of aromatic nitrogens is 4. The van der Waals surface area contributed by atoms with Gasteiger partial charge in [-0.1, -0.05) is 6.07 Å². The van der Waals surface area contributed by atoms with Gasteiger partial charge in [0, 0.05) is 37.9 Å². The van der Waals surface area contributed by atoms with Crippen molar-refractivity contribution in [3.05, 3.63) is 52.2 Å². The van der Waals surface area contributed by atoms with Crippen LogP contribution in [0.3, 0.4) is 0 Å². The van der Waals surface area contributed by atoms with Crippen LogP contribution in [0.4, 0.5) is 21.6 Å². The number of para-hydroxylation sites is 1. The maximum atomic E-state index is 13.9. The van der Waals surface area contributed by atoms with E-state index in [1.807, 2.05) is 17.9 Å². The molecule has 0 N–H and O–H groups in total. The van der Waals surface area contributed by atoms with Crippen LogP contribution in [0.25, 0.3) is 5.78 Å². The lowest BCUT2D eigenvalue weighted by molar-refractivity contribution is -0.386. The van der Waals surface area contributed by atoms with E-state index < -0.39 is 16.4 Å². The standard InChI is InChI=1S/C16H16FN7O2/c1-11-9-14(23-16(20-11)18-10-19-23)22-7-5-21(6-8-22)13-4-2-3-12(17)15(13)24(25)26/h2-4,9-10H,5-8H2,1H3. The number of rotatable bonds is 3. The summed E-state index contributed by atoms with van der Waals surface area (Å²) in [5.41, 5.74) is 0.675.